The number of alkyl halides is 2. The third-order valence-electron chi connectivity index (χ3n) is 17.5. The van der Waals surface area contributed by atoms with Crippen LogP contribution in [0.4, 0.5) is 8.78 Å². The number of fused-ring (bicyclic) bond motifs is 5. The molecule has 1 saturated carbocycles. The van der Waals surface area contributed by atoms with E-state index in [0.717, 1.165) is 85.8 Å². The van der Waals surface area contributed by atoms with Crippen molar-refractivity contribution in [2.45, 2.75) is 152 Å². The van der Waals surface area contributed by atoms with E-state index in [9.17, 15) is 56.5 Å². The van der Waals surface area contributed by atoms with Crippen molar-refractivity contribution in [3.63, 3.8) is 0 Å². The molecule has 22 heteroatoms. The summed E-state index contributed by atoms with van der Waals surface area (Å²) >= 11 is 0. The lowest BCUT2D eigenvalue weighted by atomic mass is 9.76. The van der Waals surface area contributed by atoms with Gasteiger partial charge in [0.15, 0.2) is 5.78 Å². The number of piperidine rings is 2. The first-order chi connectivity index (χ1) is 39.5. The molecule has 82 heavy (non-hydrogen) atoms. The number of ketones is 1. The second-order valence-corrected chi connectivity index (χ2v) is 22.9. The van der Waals surface area contributed by atoms with Gasteiger partial charge in [-0.1, -0.05) is 61.4 Å². The molecular weight excluding hydrogens is 1080 g/mol. The molecule has 1 unspecified atom stereocenters. The summed E-state index contributed by atoms with van der Waals surface area (Å²) in [5.41, 5.74) is 8.88. The first kappa shape index (κ1) is 57.5. The van der Waals surface area contributed by atoms with E-state index in [1.807, 2.05) is 35.2 Å². The van der Waals surface area contributed by atoms with Crippen molar-refractivity contribution in [2.75, 3.05) is 13.1 Å². The minimum atomic E-state index is -3.87. The van der Waals surface area contributed by atoms with Gasteiger partial charge in [0.2, 0.25) is 35.4 Å². The number of nitrogens with zero attached hydrogens (tertiary/aromatic N) is 3. The number of nitrogens with one attached hydrogen (secondary N) is 4. The Morgan fingerprint density at radius 3 is 2.43 bits per heavy atom. The van der Waals surface area contributed by atoms with Gasteiger partial charge in [0.25, 0.3) is 11.8 Å². The summed E-state index contributed by atoms with van der Waals surface area (Å²) in [4.78, 5) is 130. The second kappa shape index (κ2) is 24.8. The minimum Gasteiger partial charge on any atom is -0.370 e. The van der Waals surface area contributed by atoms with E-state index >= 15 is 0 Å². The summed E-state index contributed by atoms with van der Waals surface area (Å²) < 4.78 is 43.7. The zero-order valence-electron chi connectivity index (χ0n) is 45.2. The zero-order chi connectivity index (χ0) is 57.8. The molecule has 6 atom stereocenters. The number of nitrogens with two attached hydrogens (primary N) is 1. The maximum atomic E-state index is 14.8. The van der Waals surface area contributed by atoms with Gasteiger partial charge in [-0.3, -0.25) is 48.5 Å². The predicted molar refractivity (Wildman–Crippen MR) is 293 cm³/mol. The number of likely N-dealkylation sites (tertiary alicyclic amines) is 1. The highest BCUT2D eigenvalue weighted by atomic mass is 31.1. The molecular formula is C60H65F2N8O11P. The van der Waals surface area contributed by atoms with Crippen LogP contribution in [0.2, 0.25) is 0 Å². The number of halogens is 2. The molecule has 1 aromatic heterocycles. The molecule has 19 nitrogen and oxygen atoms in total. The summed E-state index contributed by atoms with van der Waals surface area (Å²) in [6, 6.07) is 12.8. The topological polar surface area (TPSA) is 268 Å². The van der Waals surface area contributed by atoms with E-state index in [2.05, 4.69) is 37.3 Å². The zero-order valence-corrected chi connectivity index (χ0v) is 46.1. The van der Waals surface area contributed by atoms with Crippen LogP contribution in [0.5, 0.6) is 0 Å². The lowest BCUT2D eigenvalue weighted by Gasteiger charge is -2.37. The molecule has 0 spiro atoms. The lowest BCUT2D eigenvalue weighted by Crippen LogP contribution is -2.55. The Morgan fingerprint density at radius 2 is 1.67 bits per heavy atom. The number of rotatable bonds is 18. The Bertz CT molecular complexity index is 3290. The summed E-state index contributed by atoms with van der Waals surface area (Å²) in [7, 11) is -1.22. The number of carbonyl (C=O) groups is 9. The number of imide groups is 1. The van der Waals surface area contributed by atoms with Crippen LogP contribution in [-0.2, 0) is 61.7 Å². The number of hydrogen-bond acceptors (Lipinski definition) is 11. The smallest absolute Gasteiger partial charge is 0.370 e. The van der Waals surface area contributed by atoms with Crippen LogP contribution in [0.15, 0.2) is 66.7 Å². The Labute approximate surface area is 473 Å². The average molecular weight is 1140 g/mol. The minimum absolute atomic E-state index is 0.0308. The second-order valence-electron chi connectivity index (χ2n) is 22.5. The summed E-state index contributed by atoms with van der Waals surface area (Å²) in [6.45, 7) is 1.24. The normalized spacial score (nSPS) is 22.1. The molecule has 0 bridgehead atoms. The monoisotopic (exact) mass is 1140 g/mol. The molecule has 5 aliphatic heterocycles. The van der Waals surface area contributed by atoms with E-state index < -0.39 is 91.8 Å². The number of H-pyrrole nitrogens is 1. The van der Waals surface area contributed by atoms with Gasteiger partial charge in [0.05, 0.1) is 17.6 Å². The number of amides is 8. The Kier molecular flexibility index (Phi) is 17.4. The molecule has 3 aromatic carbocycles. The van der Waals surface area contributed by atoms with Crippen molar-refractivity contribution >= 4 is 72.6 Å². The van der Waals surface area contributed by atoms with E-state index in [0.29, 0.717) is 42.9 Å². The van der Waals surface area contributed by atoms with Gasteiger partial charge in [0, 0.05) is 79.7 Å². The van der Waals surface area contributed by atoms with Gasteiger partial charge in [-0.15, -0.1) is 0 Å². The third-order valence-corrected chi connectivity index (χ3v) is 17.8. The molecule has 1 aliphatic carbocycles. The molecule has 4 fully saturated rings. The third kappa shape index (κ3) is 12.4. The summed E-state index contributed by atoms with van der Waals surface area (Å²) in [5, 5.41) is 8.26. The SMILES string of the molecule is NC(=O)CC[C@H](NC(=O)[C@@H]1CC[C@@H]2c3ccccc3C[C@H](NC(=O)c3cc4cc(C(F)(F)OP=O)ccc4[nH]3)C(=O)N21)C(=O)C[C@H](C(=O)N1CCC(CCC#Cc2cccc3c2CN(C2CCC(=O)NC2=O)C3=O)CC1)C1CCCCC1. The van der Waals surface area contributed by atoms with Crippen molar-refractivity contribution in [3.05, 3.63) is 106 Å². The molecule has 8 amide bonds. The molecule has 3 saturated heterocycles. The van der Waals surface area contributed by atoms with Crippen LogP contribution in [0, 0.1) is 29.6 Å². The lowest BCUT2D eigenvalue weighted by molar-refractivity contribution is -0.178. The van der Waals surface area contributed by atoms with Crippen LogP contribution in [0.3, 0.4) is 0 Å². The highest BCUT2D eigenvalue weighted by molar-refractivity contribution is 7.17. The van der Waals surface area contributed by atoms with Crippen molar-refractivity contribution in [1.29, 1.82) is 0 Å². The molecule has 0 radical (unpaired) electrons. The van der Waals surface area contributed by atoms with Crippen molar-refractivity contribution in [3.8, 4) is 11.8 Å². The fourth-order valence-corrected chi connectivity index (χ4v) is 13.3. The van der Waals surface area contributed by atoms with Crippen molar-refractivity contribution in [1.82, 2.24) is 35.6 Å². The Morgan fingerprint density at radius 1 is 0.890 bits per heavy atom. The highest BCUT2D eigenvalue weighted by Crippen LogP contribution is 2.42. The summed E-state index contributed by atoms with van der Waals surface area (Å²) in [6.07, 6.45) is 3.99. The fraction of sp³-hybridized carbons (Fsp3) is 0.483. The Balaban J connectivity index is 0.785. The standard InChI is InChI=1S/C60H65F2N8O11P/c61-60(62,81-82-80)39-17-18-44-38(29-39)31-46(64-44)54(74)66-47-30-37-13-6-7-15-40(37)48-20-21-50(70(48)59(47)79)56(76)65-45(19-23-52(63)72)51(71)32-42(35-10-2-1-3-11-35)57(77)68-27-25-34(26-28-68)9-4-5-12-36-14-8-16-41-43(36)33-69(58(41)78)49-22-24-53(73)67-55(49)75/h6-8,13-18,29,31,34-35,42,45,47-50,64H,1-4,9-11,19-28,30,32-33H2,(H2,63,72)(H,65,76)(H,66,74)(H,67,73,75)/t42-,45-,47-,48+,49?,50-/m0/s1. The van der Waals surface area contributed by atoms with Crippen LogP contribution < -0.4 is 21.7 Å². The van der Waals surface area contributed by atoms with E-state index in [1.165, 1.54) is 21.9 Å². The van der Waals surface area contributed by atoms with Crippen LogP contribution in [0.25, 0.3) is 10.9 Å². The van der Waals surface area contributed by atoms with Gasteiger partial charge in [0.1, 0.15) is 23.8 Å². The first-order valence-electron chi connectivity index (χ1n) is 28.4. The van der Waals surface area contributed by atoms with Gasteiger partial charge >= 0.3 is 14.8 Å². The Hall–Kier alpha value is -7.69. The van der Waals surface area contributed by atoms with Gasteiger partial charge in [-0.25, -0.2) is 9.09 Å². The molecule has 6 aliphatic rings. The number of aromatic nitrogens is 1. The fourth-order valence-electron chi connectivity index (χ4n) is 13.1. The summed E-state index contributed by atoms with van der Waals surface area (Å²) in [5.74, 6) is 1.94. The maximum absolute atomic E-state index is 14.8. The molecule has 6 heterocycles. The van der Waals surface area contributed by atoms with Gasteiger partial charge in [-0.2, -0.15) is 8.78 Å². The molecule has 6 N–H and O–H groups in total. The predicted octanol–water partition coefficient (Wildman–Crippen LogP) is 6.56. The number of primary amides is 1. The van der Waals surface area contributed by atoms with Gasteiger partial charge < -0.3 is 36.1 Å². The average Bonchev–Trinajstić information content (AvgIpc) is 4.19. The highest BCUT2D eigenvalue weighted by Gasteiger charge is 2.48. The number of benzene rings is 3. The molecule has 4 aromatic rings. The molecule has 430 valence electrons. The quantitative estimate of drug-likeness (QED) is 0.0404. The number of hydrogen-bond donors (Lipinski definition) is 5. The van der Waals surface area contributed by atoms with Crippen LogP contribution in [0.1, 0.15) is 157 Å². The van der Waals surface area contributed by atoms with Gasteiger partial charge in [-0.05, 0) is 123 Å². The first-order valence-corrected chi connectivity index (χ1v) is 29.1. The van der Waals surface area contributed by atoms with E-state index in [1.54, 1.807) is 12.1 Å². The van der Waals surface area contributed by atoms with Crippen LogP contribution in [-0.4, -0.2) is 110 Å². The van der Waals surface area contributed by atoms with E-state index in [4.69, 9.17) is 5.73 Å². The molecule has 10 rings (SSSR count). The number of Topliss-reactive ketones (excluding diaryl/α,β-unsaturated/α-hetero) is 1. The maximum Gasteiger partial charge on any atom is 0.393 e. The number of carbonyl (C=O) groups excluding carboxylic acids is 9. The van der Waals surface area contributed by atoms with Crippen molar-refractivity contribution in [2.24, 2.45) is 23.5 Å². The van der Waals surface area contributed by atoms with E-state index in [-0.39, 0.29) is 86.2 Å². The van der Waals surface area contributed by atoms with Crippen molar-refractivity contribution < 1.29 is 61.0 Å². The number of aromatic amines is 1. The van der Waals surface area contributed by atoms with Crippen LogP contribution >= 0.6 is 8.69 Å². The largest absolute Gasteiger partial charge is 0.393 e.